The molecule has 0 fully saturated rings. The van der Waals surface area contributed by atoms with Crippen LogP contribution < -0.4 is 4.74 Å². The molecule has 0 spiro atoms. The van der Waals surface area contributed by atoms with Gasteiger partial charge >= 0.3 is 0 Å². The number of hydrogen-bond donors (Lipinski definition) is 0. The normalized spacial score (nSPS) is 13.2. The van der Waals surface area contributed by atoms with E-state index in [0.717, 1.165) is 31.6 Å². The van der Waals surface area contributed by atoms with E-state index in [1.165, 1.54) is 17.6 Å². The molecule has 0 amide bonds. The van der Waals surface area contributed by atoms with Crippen molar-refractivity contribution in [1.82, 2.24) is 0 Å². The summed E-state index contributed by atoms with van der Waals surface area (Å²) in [7, 11) is 0. The summed E-state index contributed by atoms with van der Waals surface area (Å²) in [6.45, 7) is 10.1. The lowest BCUT2D eigenvalue weighted by molar-refractivity contribution is 0.0620. The van der Waals surface area contributed by atoms with Gasteiger partial charge in [-0.25, -0.2) is 0 Å². The Kier molecular flexibility index (Phi) is 8.84. The third kappa shape index (κ3) is 7.91. The number of hydrogen-bond acceptors (Lipinski definition) is 2. The van der Waals surface area contributed by atoms with E-state index in [0.29, 0.717) is 12.7 Å². The summed E-state index contributed by atoms with van der Waals surface area (Å²) in [4.78, 5) is 0. The molecule has 1 unspecified atom stereocenters. The lowest BCUT2D eigenvalue weighted by Crippen LogP contribution is -2.09. The SMILES string of the molecule is CCCC(C)OCCC(C)=CCOc1ccc(CC)cc1. The monoisotopic (exact) mass is 290 g/mol. The molecule has 0 bridgehead atoms. The fraction of sp³-hybridized carbons (Fsp3) is 0.579. The Hall–Kier alpha value is -1.28. The first-order chi connectivity index (χ1) is 10.2. The van der Waals surface area contributed by atoms with E-state index in [4.69, 9.17) is 9.47 Å². The van der Waals surface area contributed by atoms with E-state index in [9.17, 15) is 0 Å². The Balaban J connectivity index is 2.22. The van der Waals surface area contributed by atoms with E-state index in [1.54, 1.807) is 0 Å². The number of benzene rings is 1. The Morgan fingerprint density at radius 2 is 1.90 bits per heavy atom. The van der Waals surface area contributed by atoms with Gasteiger partial charge in [-0.1, -0.05) is 38.0 Å². The summed E-state index contributed by atoms with van der Waals surface area (Å²) < 4.78 is 11.5. The first kappa shape index (κ1) is 17.8. The van der Waals surface area contributed by atoms with Crippen molar-refractivity contribution in [3.63, 3.8) is 0 Å². The third-order valence-corrected chi connectivity index (χ3v) is 3.61. The van der Waals surface area contributed by atoms with E-state index in [1.807, 2.05) is 12.1 Å². The molecule has 1 atom stereocenters. The standard InChI is InChI=1S/C19H30O2/c1-5-7-17(4)20-14-12-16(3)13-15-21-19-10-8-18(6-2)9-11-19/h8-11,13,17H,5-7,12,14-15H2,1-4H3. The van der Waals surface area contributed by atoms with Crippen molar-refractivity contribution in [1.29, 1.82) is 0 Å². The van der Waals surface area contributed by atoms with E-state index in [2.05, 4.69) is 45.9 Å². The maximum atomic E-state index is 5.76. The summed E-state index contributed by atoms with van der Waals surface area (Å²) in [5, 5.41) is 0. The predicted molar refractivity (Wildman–Crippen MR) is 90.0 cm³/mol. The summed E-state index contributed by atoms with van der Waals surface area (Å²) in [5.74, 6) is 0.934. The highest BCUT2D eigenvalue weighted by molar-refractivity contribution is 5.27. The molecule has 0 radical (unpaired) electrons. The quantitative estimate of drug-likeness (QED) is 0.553. The second kappa shape index (κ2) is 10.4. The van der Waals surface area contributed by atoms with E-state index >= 15 is 0 Å². The van der Waals surface area contributed by atoms with Crippen LogP contribution in [0.25, 0.3) is 0 Å². The van der Waals surface area contributed by atoms with E-state index in [-0.39, 0.29) is 0 Å². The van der Waals surface area contributed by atoms with Crippen LogP contribution in [0.3, 0.4) is 0 Å². The van der Waals surface area contributed by atoms with Crippen molar-refractivity contribution in [2.24, 2.45) is 0 Å². The van der Waals surface area contributed by atoms with Crippen LogP contribution in [0, 0.1) is 0 Å². The largest absolute Gasteiger partial charge is 0.490 e. The van der Waals surface area contributed by atoms with Crippen LogP contribution in [0.4, 0.5) is 0 Å². The Bertz CT molecular complexity index is 406. The molecule has 1 rings (SSSR count). The van der Waals surface area contributed by atoms with Crippen LogP contribution in [-0.2, 0) is 11.2 Å². The fourth-order valence-electron chi connectivity index (χ4n) is 2.11. The van der Waals surface area contributed by atoms with Gasteiger partial charge in [-0.15, -0.1) is 0 Å². The van der Waals surface area contributed by atoms with Gasteiger partial charge in [0.05, 0.1) is 12.7 Å². The van der Waals surface area contributed by atoms with Gasteiger partial charge in [0.15, 0.2) is 0 Å². The van der Waals surface area contributed by atoms with Crippen LogP contribution >= 0.6 is 0 Å². The number of rotatable bonds is 10. The lowest BCUT2D eigenvalue weighted by Gasteiger charge is -2.12. The summed E-state index contributed by atoms with van der Waals surface area (Å²) in [6, 6.07) is 8.32. The molecule has 0 saturated carbocycles. The molecule has 0 saturated heterocycles. The topological polar surface area (TPSA) is 18.5 Å². The van der Waals surface area contributed by atoms with E-state index < -0.39 is 0 Å². The fourth-order valence-corrected chi connectivity index (χ4v) is 2.11. The Labute approximate surface area is 130 Å². The molecule has 2 heteroatoms. The second-order valence-electron chi connectivity index (χ2n) is 5.58. The van der Waals surface area contributed by atoms with Gasteiger partial charge in [0.2, 0.25) is 0 Å². The van der Waals surface area contributed by atoms with Crippen molar-refractivity contribution in [3.8, 4) is 5.75 Å². The molecule has 0 aromatic heterocycles. The van der Waals surface area contributed by atoms with Crippen LogP contribution in [0.5, 0.6) is 5.75 Å². The first-order valence-corrected chi connectivity index (χ1v) is 8.14. The molecule has 0 N–H and O–H groups in total. The molecule has 1 aromatic rings. The third-order valence-electron chi connectivity index (χ3n) is 3.61. The predicted octanol–water partition coefficient (Wildman–Crippen LogP) is 5.17. The minimum absolute atomic E-state index is 0.371. The van der Waals surface area contributed by atoms with Gasteiger partial charge < -0.3 is 9.47 Å². The number of ether oxygens (including phenoxy) is 2. The zero-order valence-electron chi connectivity index (χ0n) is 14.0. The van der Waals surface area contributed by atoms with Crippen LogP contribution in [0.2, 0.25) is 0 Å². The minimum atomic E-state index is 0.371. The van der Waals surface area contributed by atoms with Gasteiger partial charge in [-0.2, -0.15) is 0 Å². The van der Waals surface area contributed by atoms with Crippen LogP contribution in [-0.4, -0.2) is 19.3 Å². The van der Waals surface area contributed by atoms with Gasteiger partial charge in [0.1, 0.15) is 12.4 Å². The average molecular weight is 290 g/mol. The second-order valence-corrected chi connectivity index (χ2v) is 5.58. The number of aryl methyl sites for hydroxylation is 1. The molecule has 0 aliphatic rings. The summed E-state index contributed by atoms with van der Waals surface area (Å²) >= 11 is 0. The van der Waals surface area contributed by atoms with Gasteiger partial charge in [-0.05, 0) is 56.9 Å². The zero-order valence-corrected chi connectivity index (χ0v) is 14.0. The smallest absolute Gasteiger partial charge is 0.119 e. The molecule has 0 heterocycles. The molecular weight excluding hydrogens is 260 g/mol. The molecular formula is C19H30O2. The zero-order chi connectivity index (χ0) is 15.5. The highest BCUT2D eigenvalue weighted by Crippen LogP contribution is 2.13. The molecule has 1 aromatic carbocycles. The van der Waals surface area contributed by atoms with Gasteiger partial charge in [-0.3, -0.25) is 0 Å². The molecule has 21 heavy (non-hydrogen) atoms. The van der Waals surface area contributed by atoms with Crippen LogP contribution in [0.1, 0.15) is 52.5 Å². The summed E-state index contributed by atoms with van der Waals surface area (Å²) in [6.07, 6.45) is 6.88. The molecule has 0 aliphatic heterocycles. The highest BCUT2D eigenvalue weighted by atomic mass is 16.5. The van der Waals surface area contributed by atoms with Crippen molar-refractivity contribution >= 4 is 0 Å². The molecule has 2 nitrogen and oxygen atoms in total. The van der Waals surface area contributed by atoms with Crippen molar-refractivity contribution in [3.05, 3.63) is 41.5 Å². The van der Waals surface area contributed by atoms with Crippen molar-refractivity contribution < 1.29 is 9.47 Å². The first-order valence-electron chi connectivity index (χ1n) is 8.14. The van der Waals surface area contributed by atoms with Crippen molar-refractivity contribution in [2.75, 3.05) is 13.2 Å². The van der Waals surface area contributed by atoms with Gasteiger partial charge in [0, 0.05) is 0 Å². The Morgan fingerprint density at radius 3 is 2.52 bits per heavy atom. The molecule has 118 valence electrons. The maximum absolute atomic E-state index is 5.76. The lowest BCUT2D eigenvalue weighted by atomic mass is 10.2. The van der Waals surface area contributed by atoms with Crippen molar-refractivity contribution in [2.45, 2.75) is 59.5 Å². The summed E-state index contributed by atoms with van der Waals surface area (Å²) in [5.41, 5.74) is 2.66. The molecule has 0 aliphatic carbocycles. The van der Waals surface area contributed by atoms with Crippen LogP contribution in [0.15, 0.2) is 35.9 Å². The maximum Gasteiger partial charge on any atom is 0.119 e. The minimum Gasteiger partial charge on any atom is -0.490 e. The van der Waals surface area contributed by atoms with Gasteiger partial charge in [0.25, 0.3) is 0 Å². The highest BCUT2D eigenvalue weighted by Gasteiger charge is 2.00. The Morgan fingerprint density at radius 1 is 1.19 bits per heavy atom. The average Bonchev–Trinajstić information content (AvgIpc) is 2.48.